The highest BCUT2D eigenvalue weighted by Gasteiger charge is 2.17. The maximum Gasteiger partial charge on any atom is 0.250 e. The summed E-state index contributed by atoms with van der Waals surface area (Å²) >= 11 is 0. The first-order valence-corrected chi connectivity index (χ1v) is 7.12. The molecular weight excluding hydrogens is 268 g/mol. The summed E-state index contributed by atoms with van der Waals surface area (Å²) in [4.78, 5) is 22.3. The van der Waals surface area contributed by atoms with Gasteiger partial charge in [-0.05, 0) is 18.9 Å². The van der Waals surface area contributed by atoms with Gasteiger partial charge in [0.1, 0.15) is 12.0 Å². The Kier molecular flexibility index (Phi) is 4.92. The second kappa shape index (κ2) is 6.88. The van der Waals surface area contributed by atoms with Gasteiger partial charge in [-0.25, -0.2) is 9.97 Å². The van der Waals surface area contributed by atoms with Crippen molar-refractivity contribution in [2.75, 3.05) is 18.0 Å². The van der Waals surface area contributed by atoms with Crippen molar-refractivity contribution in [1.82, 2.24) is 9.97 Å². The Labute approximate surface area is 124 Å². The van der Waals surface area contributed by atoms with E-state index >= 15 is 0 Å². The normalized spacial score (nSPS) is 10.6. The minimum absolute atomic E-state index is 0.376. The average Bonchev–Trinajstić information content (AvgIpc) is 3.00. The van der Waals surface area contributed by atoms with Crippen LogP contribution in [0.3, 0.4) is 0 Å². The predicted octanol–water partition coefficient (Wildman–Crippen LogP) is 2.46. The number of hydrogen-bond donors (Lipinski definition) is 1. The van der Waals surface area contributed by atoms with Gasteiger partial charge in [0.05, 0.1) is 23.6 Å². The van der Waals surface area contributed by atoms with Gasteiger partial charge in [0.25, 0.3) is 5.91 Å². The van der Waals surface area contributed by atoms with Crippen molar-refractivity contribution in [3.8, 4) is 11.6 Å². The van der Waals surface area contributed by atoms with Crippen LogP contribution in [0.15, 0.2) is 29.1 Å². The Hall–Kier alpha value is -2.37. The first-order valence-electron chi connectivity index (χ1n) is 7.12. The van der Waals surface area contributed by atoms with Crippen LogP contribution >= 0.6 is 0 Å². The minimum Gasteiger partial charge on any atom is -0.443 e. The zero-order chi connectivity index (χ0) is 15.2. The third-order valence-corrected chi connectivity index (χ3v) is 3.13. The number of nitrogens with zero attached hydrogens (tertiary/aromatic N) is 3. The largest absolute Gasteiger partial charge is 0.443 e. The van der Waals surface area contributed by atoms with E-state index < -0.39 is 5.91 Å². The Bertz CT molecular complexity index is 590. The summed E-state index contributed by atoms with van der Waals surface area (Å²) in [6.45, 7) is 5.91. The summed E-state index contributed by atoms with van der Waals surface area (Å²) in [5, 5.41) is 0. The zero-order valence-corrected chi connectivity index (χ0v) is 12.4. The zero-order valence-electron chi connectivity index (χ0n) is 12.4. The number of nitrogens with two attached hydrogens (primary N) is 1. The average molecular weight is 288 g/mol. The molecule has 0 bridgehead atoms. The number of primary amides is 1. The van der Waals surface area contributed by atoms with Crippen LogP contribution in [0.1, 0.15) is 37.0 Å². The molecule has 0 aliphatic carbocycles. The van der Waals surface area contributed by atoms with Gasteiger partial charge in [0.15, 0.2) is 0 Å². The van der Waals surface area contributed by atoms with E-state index in [0.717, 1.165) is 31.6 Å². The molecule has 2 N–H and O–H groups in total. The molecule has 2 aromatic heterocycles. The summed E-state index contributed by atoms with van der Waals surface area (Å²) in [5.41, 5.74) is 7.24. The summed E-state index contributed by atoms with van der Waals surface area (Å²) in [5.74, 6) is -0.0982. The lowest BCUT2D eigenvalue weighted by molar-refractivity contribution is 0.100. The van der Waals surface area contributed by atoms with Gasteiger partial charge >= 0.3 is 0 Å². The molecule has 0 fully saturated rings. The molecule has 112 valence electrons. The molecule has 0 unspecified atom stereocenters. The summed E-state index contributed by atoms with van der Waals surface area (Å²) < 4.78 is 5.21. The molecule has 0 aliphatic heterocycles. The monoisotopic (exact) mass is 288 g/mol. The highest BCUT2D eigenvalue weighted by atomic mass is 16.3. The molecule has 0 saturated carbocycles. The maximum atomic E-state index is 11.8. The van der Waals surface area contributed by atoms with Crippen LogP contribution in [0.5, 0.6) is 0 Å². The number of oxazole rings is 1. The van der Waals surface area contributed by atoms with E-state index in [9.17, 15) is 4.79 Å². The fourth-order valence-electron chi connectivity index (χ4n) is 2.26. The van der Waals surface area contributed by atoms with E-state index in [2.05, 4.69) is 28.7 Å². The molecule has 0 saturated heterocycles. The second-order valence-corrected chi connectivity index (χ2v) is 4.78. The maximum absolute atomic E-state index is 11.8. The van der Waals surface area contributed by atoms with Gasteiger partial charge in [-0.3, -0.25) is 4.79 Å². The molecule has 6 nitrogen and oxygen atoms in total. The molecule has 6 heteroatoms. The fourth-order valence-corrected chi connectivity index (χ4v) is 2.26. The van der Waals surface area contributed by atoms with Crippen molar-refractivity contribution in [3.63, 3.8) is 0 Å². The highest BCUT2D eigenvalue weighted by Crippen LogP contribution is 2.24. The van der Waals surface area contributed by atoms with Crippen LogP contribution in [0.2, 0.25) is 0 Å². The first kappa shape index (κ1) is 15.0. The van der Waals surface area contributed by atoms with E-state index in [0.29, 0.717) is 17.1 Å². The number of pyridine rings is 1. The first-order chi connectivity index (χ1) is 10.2. The van der Waals surface area contributed by atoms with E-state index in [4.69, 9.17) is 10.2 Å². The molecule has 2 aromatic rings. The number of amides is 1. The molecular formula is C15H20N4O2. The van der Waals surface area contributed by atoms with Gasteiger partial charge in [-0.15, -0.1) is 0 Å². The smallest absolute Gasteiger partial charge is 0.250 e. The quantitative estimate of drug-likeness (QED) is 0.845. The highest BCUT2D eigenvalue weighted by molar-refractivity contribution is 5.99. The second-order valence-electron chi connectivity index (χ2n) is 4.78. The third-order valence-electron chi connectivity index (χ3n) is 3.13. The molecule has 1 amide bonds. The van der Waals surface area contributed by atoms with E-state index in [1.54, 1.807) is 12.3 Å². The molecule has 0 radical (unpaired) electrons. The Morgan fingerprint density at radius 3 is 2.52 bits per heavy atom. The predicted molar refractivity (Wildman–Crippen MR) is 81.0 cm³/mol. The topological polar surface area (TPSA) is 85.2 Å². The van der Waals surface area contributed by atoms with Crippen molar-refractivity contribution in [2.24, 2.45) is 5.73 Å². The molecule has 0 aromatic carbocycles. The standard InChI is InChI=1S/C15H20N4O2/c1-3-6-19(7-4-2)13-10-18-12(9-11(13)14(16)20)15-17-5-8-21-15/h5,8-10H,3-4,6-7H2,1-2H3,(H2,16,20). The van der Waals surface area contributed by atoms with Crippen molar-refractivity contribution in [3.05, 3.63) is 30.3 Å². The van der Waals surface area contributed by atoms with Crippen molar-refractivity contribution >= 4 is 11.6 Å². The van der Waals surface area contributed by atoms with E-state index in [-0.39, 0.29) is 0 Å². The van der Waals surface area contributed by atoms with E-state index in [1.165, 1.54) is 12.5 Å². The van der Waals surface area contributed by atoms with Crippen molar-refractivity contribution < 1.29 is 9.21 Å². The fraction of sp³-hybridized carbons (Fsp3) is 0.400. The molecule has 2 rings (SSSR count). The van der Waals surface area contributed by atoms with Crippen molar-refractivity contribution in [1.29, 1.82) is 0 Å². The molecule has 21 heavy (non-hydrogen) atoms. The lowest BCUT2D eigenvalue weighted by Crippen LogP contribution is -2.28. The number of anilines is 1. The van der Waals surface area contributed by atoms with Crippen LogP contribution in [0.25, 0.3) is 11.6 Å². The number of aromatic nitrogens is 2. The van der Waals surface area contributed by atoms with Gasteiger partial charge < -0.3 is 15.1 Å². The van der Waals surface area contributed by atoms with Crippen LogP contribution in [-0.2, 0) is 0 Å². The lowest BCUT2D eigenvalue weighted by atomic mass is 10.1. The molecule has 2 heterocycles. The van der Waals surface area contributed by atoms with Gasteiger partial charge in [0.2, 0.25) is 5.89 Å². The van der Waals surface area contributed by atoms with Gasteiger partial charge in [-0.1, -0.05) is 13.8 Å². The number of hydrogen-bond acceptors (Lipinski definition) is 5. The van der Waals surface area contributed by atoms with Crippen LogP contribution in [0, 0.1) is 0 Å². The van der Waals surface area contributed by atoms with Crippen LogP contribution in [0.4, 0.5) is 5.69 Å². The summed E-state index contributed by atoms with van der Waals surface area (Å²) in [6.07, 6.45) is 6.65. The minimum atomic E-state index is -0.475. The molecule has 0 aliphatic rings. The number of carbonyl (C=O) groups excluding carboxylic acids is 1. The van der Waals surface area contributed by atoms with Crippen molar-refractivity contribution in [2.45, 2.75) is 26.7 Å². The van der Waals surface area contributed by atoms with Crippen LogP contribution in [-0.4, -0.2) is 29.0 Å². The summed E-state index contributed by atoms with van der Waals surface area (Å²) in [6, 6.07) is 1.64. The Balaban J connectivity index is 2.43. The molecule has 0 atom stereocenters. The Morgan fingerprint density at radius 2 is 2.00 bits per heavy atom. The molecule has 0 spiro atoms. The lowest BCUT2D eigenvalue weighted by Gasteiger charge is -2.25. The summed E-state index contributed by atoms with van der Waals surface area (Å²) in [7, 11) is 0. The number of carbonyl (C=O) groups is 1. The van der Waals surface area contributed by atoms with Crippen LogP contribution < -0.4 is 10.6 Å². The van der Waals surface area contributed by atoms with Gasteiger partial charge in [-0.2, -0.15) is 0 Å². The third kappa shape index (κ3) is 3.39. The number of rotatable bonds is 7. The van der Waals surface area contributed by atoms with E-state index in [1.807, 2.05) is 0 Å². The SMILES string of the molecule is CCCN(CCC)c1cnc(-c2ncco2)cc1C(N)=O. The Morgan fingerprint density at radius 1 is 1.29 bits per heavy atom. The van der Waals surface area contributed by atoms with Gasteiger partial charge in [0, 0.05) is 13.1 Å².